The van der Waals surface area contributed by atoms with E-state index in [9.17, 15) is 0 Å². The summed E-state index contributed by atoms with van der Waals surface area (Å²) in [4.78, 5) is 0. The summed E-state index contributed by atoms with van der Waals surface area (Å²) in [5.74, 6) is 0. The van der Waals surface area contributed by atoms with Crippen molar-refractivity contribution < 1.29 is 0 Å². The molecule has 15 heteroatoms. The molecule has 0 aromatic carbocycles. The van der Waals surface area contributed by atoms with E-state index >= 15 is 0 Å². The van der Waals surface area contributed by atoms with E-state index in [-0.39, 0.29) is 0 Å². The summed E-state index contributed by atoms with van der Waals surface area (Å²) in [5.41, 5.74) is -10.1. The molecule has 0 nitrogen and oxygen atoms in total. The Kier molecular flexibility index (Phi) is 8.38. The van der Waals surface area contributed by atoms with Gasteiger partial charge in [-0.1, -0.05) is 0 Å². The molecule has 1 atom stereocenters. The normalized spacial score (nSPS) is 17.0. The number of hydrogen-bond donors (Lipinski definition) is 0. The molecule has 0 heterocycles. The van der Waals surface area contributed by atoms with Crippen molar-refractivity contribution in [2.24, 2.45) is 0 Å². The van der Waals surface area contributed by atoms with Crippen molar-refractivity contribution in [3.05, 3.63) is 0 Å². The lowest BCUT2D eigenvalue weighted by molar-refractivity contribution is 3.27. The van der Waals surface area contributed by atoms with Gasteiger partial charge in [0.05, 0.1) is 0 Å². The molecule has 0 amide bonds. The third-order valence-electron chi connectivity index (χ3n) is 1.34. The van der Waals surface area contributed by atoms with E-state index in [1.807, 2.05) is 0 Å². The van der Waals surface area contributed by atoms with E-state index in [1.54, 1.807) is 0 Å². The zero-order chi connectivity index (χ0) is 12.7. The van der Waals surface area contributed by atoms with E-state index in [1.165, 1.54) is 0 Å². The van der Waals surface area contributed by atoms with Gasteiger partial charge in [0, 0.05) is 0 Å². The molecule has 92 valence electrons. The molecule has 0 rings (SSSR count). The van der Waals surface area contributed by atoms with Crippen LogP contribution >= 0.6 is 111 Å². The highest BCUT2D eigenvalue weighted by Crippen LogP contribution is 2.48. The van der Waals surface area contributed by atoms with Gasteiger partial charge in [0.1, 0.15) is 0 Å². The molecule has 0 saturated heterocycles. The predicted octanol–water partition coefficient (Wildman–Crippen LogP) is 4.46. The fourth-order valence-electron chi connectivity index (χ4n) is 0.520. The Balaban J connectivity index is 5.19. The summed E-state index contributed by atoms with van der Waals surface area (Å²) in [6.07, 6.45) is 0. The molecule has 1 unspecified atom stereocenters. The first kappa shape index (κ1) is 19.0. The lowest BCUT2D eigenvalue weighted by Crippen LogP contribution is -2.68. The van der Waals surface area contributed by atoms with Gasteiger partial charge in [-0.2, -0.15) is 33.2 Å². The standard InChI is InChI=1S/Cl10H2Si5/c1-11(2)12(3)14(7,8)15(9,10)13(4,5)6/h11-12H. The van der Waals surface area contributed by atoms with Gasteiger partial charge >= 0.3 is 11.2 Å². The molecule has 0 radical (unpaired) electrons. The molecule has 0 aliphatic carbocycles. The molecule has 0 aromatic heterocycles. The van der Waals surface area contributed by atoms with Crippen molar-refractivity contribution >= 4 is 142 Å². The van der Waals surface area contributed by atoms with Crippen LogP contribution in [0.3, 0.4) is 0 Å². The lowest BCUT2D eigenvalue weighted by Gasteiger charge is -2.33. The fourth-order valence-corrected chi connectivity index (χ4v) is 126. The van der Waals surface area contributed by atoms with Gasteiger partial charge in [-0.3, -0.25) is 0 Å². The van der Waals surface area contributed by atoms with Crippen LogP contribution in [0.2, 0.25) is 0 Å². The Morgan fingerprint density at radius 3 is 1.20 bits per heavy atom. The van der Waals surface area contributed by atoms with Gasteiger partial charge in [0.15, 0.2) is 7.14 Å². The molecule has 0 spiro atoms. The Morgan fingerprint density at radius 2 is 1.00 bits per heavy atom. The number of hydrogen-bond acceptors (Lipinski definition) is 0. The van der Waals surface area contributed by atoms with Crippen LogP contribution in [0.4, 0.5) is 0 Å². The monoisotopic (exact) mass is 492 g/mol. The van der Waals surface area contributed by atoms with Crippen molar-refractivity contribution in [1.82, 2.24) is 0 Å². The van der Waals surface area contributed by atoms with Crippen LogP contribution < -0.4 is 0 Å². The molecule has 0 aromatic rings. The Morgan fingerprint density at radius 1 is 0.667 bits per heavy atom. The third kappa shape index (κ3) is 4.49. The summed E-state index contributed by atoms with van der Waals surface area (Å²) >= 11 is 59.3. The van der Waals surface area contributed by atoms with Gasteiger partial charge < -0.3 is 0 Å². The second-order valence-corrected chi connectivity index (χ2v) is 65.6. The molecule has 15 heavy (non-hydrogen) atoms. The first-order valence-electron chi connectivity index (χ1n) is 3.10. The molecule has 0 N–H and O–H groups in total. The van der Waals surface area contributed by atoms with Crippen molar-refractivity contribution in [2.75, 3.05) is 0 Å². The smallest absolute Gasteiger partial charge is 0.173 e. The van der Waals surface area contributed by atoms with Crippen LogP contribution in [0.1, 0.15) is 0 Å². The second kappa shape index (κ2) is 6.62. The average molecular weight is 497 g/mol. The summed E-state index contributed by atoms with van der Waals surface area (Å²) in [6, 6.07) is 0. The number of rotatable bonds is 4. The summed E-state index contributed by atoms with van der Waals surface area (Å²) in [6.45, 7) is -2.20. The zero-order valence-electron chi connectivity index (χ0n) is 6.43. The summed E-state index contributed by atoms with van der Waals surface area (Å²) in [7, 11) is -2.32. The molecular weight excluding hydrogens is 495 g/mol. The van der Waals surface area contributed by atoms with Crippen LogP contribution in [0.5, 0.6) is 0 Å². The fraction of sp³-hybridized carbons (Fsp3) is 0. The van der Waals surface area contributed by atoms with Gasteiger partial charge in [-0.15, -0.1) is 77.6 Å². The van der Waals surface area contributed by atoms with Crippen molar-refractivity contribution in [3.63, 3.8) is 0 Å². The Bertz CT molecular complexity index is 214. The van der Waals surface area contributed by atoms with Crippen LogP contribution in [-0.2, 0) is 0 Å². The minimum absolute atomic E-state index is 2.20. The first-order valence-corrected chi connectivity index (χ1v) is 27.9. The van der Waals surface area contributed by atoms with E-state index in [2.05, 4.69) is 0 Å². The average Bonchev–Trinajstić information content (AvgIpc) is 2.00. The molecule has 0 aliphatic heterocycles. The van der Waals surface area contributed by atoms with Crippen LogP contribution in [-0.4, -0.2) is 31.1 Å². The van der Waals surface area contributed by atoms with Crippen LogP contribution in [0.15, 0.2) is 0 Å². The molecule has 0 bridgehead atoms. The zero-order valence-corrected chi connectivity index (χ0v) is 19.3. The maximum absolute atomic E-state index is 6.14. The van der Waals surface area contributed by atoms with Crippen LogP contribution in [0, 0.1) is 0 Å². The summed E-state index contributed by atoms with van der Waals surface area (Å²) < 4.78 is 0. The second-order valence-electron chi connectivity index (χ2n) is 2.43. The van der Waals surface area contributed by atoms with E-state index in [0.717, 1.165) is 0 Å². The summed E-state index contributed by atoms with van der Waals surface area (Å²) in [5, 5.41) is 0. The van der Waals surface area contributed by atoms with E-state index in [0.29, 0.717) is 0 Å². The van der Waals surface area contributed by atoms with Gasteiger partial charge in [0.2, 0.25) is 6.93 Å². The first-order chi connectivity index (χ1) is 6.35. The van der Waals surface area contributed by atoms with Crippen molar-refractivity contribution in [2.45, 2.75) is 0 Å². The molecule has 0 aliphatic rings. The highest BCUT2D eigenvalue weighted by atomic mass is 35.9. The number of halogens is 10. The Hall–Kier alpha value is 3.98. The Labute approximate surface area is 140 Å². The van der Waals surface area contributed by atoms with E-state index < -0.39 is 31.1 Å². The highest BCUT2D eigenvalue weighted by molar-refractivity contribution is 8.29. The van der Waals surface area contributed by atoms with E-state index in [4.69, 9.17) is 111 Å². The molecule has 0 saturated carbocycles. The topological polar surface area (TPSA) is 0 Å². The minimum atomic E-state index is -3.41. The van der Waals surface area contributed by atoms with Gasteiger partial charge in [-0.05, 0) is 0 Å². The largest absolute Gasteiger partial charge is 0.358 e. The SMILES string of the molecule is Cl[SiH](Cl)[SiH](Cl)[Si](Cl)(Cl)[Si](Cl)(Cl)[Si](Cl)(Cl)Cl. The van der Waals surface area contributed by atoms with Gasteiger partial charge in [-0.25, -0.2) is 0 Å². The highest BCUT2D eigenvalue weighted by Gasteiger charge is 2.71. The van der Waals surface area contributed by atoms with Gasteiger partial charge in [0.25, 0.3) is 5.73 Å². The van der Waals surface area contributed by atoms with Crippen molar-refractivity contribution in [1.29, 1.82) is 0 Å². The minimum Gasteiger partial charge on any atom is -0.173 e. The third-order valence-corrected chi connectivity index (χ3v) is 109. The molecular formula is H2Cl10Si5. The van der Waals surface area contributed by atoms with Crippen LogP contribution in [0.25, 0.3) is 0 Å². The molecule has 0 fully saturated rings. The maximum atomic E-state index is 6.14. The lowest BCUT2D eigenvalue weighted by atomic mass is 26.2. The predicted molar refractivity (Wildman–Crippen MR) is 90.1 cm³/mol. The van der Waals surface area contributed by atoms with Crippen molar-refractivity contribution in [3.8, 4) is 0 Å². The maximum Gasteiger partial charge on any atom is 0.358 e. The quantitative estimate of drug-likeness (QED) is 0.398.